The maximum absolute atomic E-state index is 13.3. The quantitative estimate of drug-likeness (QED) is 0.553. The number of ether oxygens (including phenoxy) is 1. The van der Waals surface area contributed by atoms with E-state index in [-0.39, 0.29) is 24.3 Å². The number of nitrogens with zero attached hydrogens (tertiary/aromatic N) is 1. The molecule has 1 aliphatic rings. The van der Waals surface area contributed by atoms with Gasteiger partial charge in [0.25, 0.3) is 5.91 Å². The number of hydrogen-bond acceptors (Lipinski definition) is 3. The molecule has 2 atom stereocenters. The number of rotatable bonds is 6. The van der Waals surface area contributed by atoms with Gasteiger partial charge < -0.3 is 14.7 Å². The number of anilines is 1. The van der Waals surface area contributed by atoms with Gasteiger partial charge in [0.2, 0.25) is 0 Å². The molecule has 3 aromatic rings. The Bertz CT molecular complexity index is 1100. The Morgan fingerprint density at radius 1 is 1.03 bits per heavy atom. The lowest BCUT2D eigenvalue weighted by Crippen LogP contribution is -2.37. The predicted octanol–water partition coefficient (Wildman–Crippen LogP) is 5.53. The van der Waals surface area contributed by atoms with Crippen LogP contribution in [-0.2, 0) is 11.4 Å². The number of carbonyl (C=O) groups excluding carboxylic acids is 1. The van der Waals surface area contributed by atoms with Crippen molar-refractivity contribution in [3.63, 3.8) is 0 Å². The number of fused-ring (bicyclic) bond motifs is 1. The number of hydrogen-bond donors (Lipinski definition) is 1. The van der Waals surface area contributed by atoms with Gasteiger partial charge >= 0.3 is 5.97 Å². The molecule has 0 fully saturated rings. The van der Waals surface area contributed by atoms with Crippen LogP contribution in [0.1, 0.15) is 40.7 Å². The van der Waals surface area contributed by atoms with Crippen LogP contribution in [-0.4, -0.2) is 23.0 Å². The lowest BCUT2D eigenvalue weighted by molar-refractivity contribution is -0.137. The molecule has 0 bridgehead atoms. The minimum Gasteiger partial charge on any atom is -0.489 e. The van der Waals surface area contributed by atoms with Crippen LogP contribution < -0.4 is 9.64 Å². The minimum atomic E-state index is -0.904. The Morgan fingerprint density at radius 3 is 2.42 bits per heavy atom. The van der Waals surface area contributed by atoms with Gasteiger partial charge in [0.05, 0.1) is 6.42 Å². The normalized spacial score (nSPS) is 17.3. The number of carboxylic acids is 1. The standard InChI is InChI=1S/C25H22ClNO4/c1-16-21(14-24(28)29)22-13-20(31-15-17-5-3-2-4-6-17)11-12-23(22)27(16)25(30)18-7-9-19(26)10-8-18/h2-13,16,21H,14-15H2,1H3,(H,28,29)/t16-,21+/m0/s1. The molecule has 1 N–H and O–H groups in total. The van der Waals surface area contributed by atoms with Crippen molar-refractivity contribution < 1.29 is 19.4 Å². The Labute approximate surface area is 185 Å². The molecule has 0 unspecified atom stereocenters. The molecule has 0 spiro atoms. The molecule has 0 aliphatic carbocycles. The van der Waals surface area contributed by atoms with E-state index >= 15 is 0 Å². The molecule has 31 heavy (non-hydrogen) atoms. The van der Waals surface area contributed by atoms with Crippen LogP contribution in [0, 0.1) is 0 Å². The zero-order valence-corrected chi connectivity index (χ0v) is 17.8. The molecule has 4 rings (SSSR count). The Balaban J connectivity index is 1.65. The van der Waals surface area contributed by atoms with Crippen molar-refractivity contribution in [2.24, 2.45) is 0 Å². The molecule has 0 radical (unpaired) electrons. The van der Waals surface area contributed by atoms with Gasteiger partial charge in [-0.25, -0.2) is 0 Å². The van der Waals surface area contributed by atoms with Gasteiger partial charge in [-0.15, -0.1) is 0 Å². The SMILES string of the molecule is C[C@H]1[C@@H](CC(=O)O)c2cc(OCc3ccccc3)ccc2N1C(=O)c1ccc(Cl)cc1. The Morgan fingerprint density at radius 2 is 1.74 bits per heavy atom. The topological polar surface area (TPSA) is 66.8 Å². The van der Waals surface area contributed by atoms with E-state index in [1.165, 1.54) is 0 Å². The van der Waals surface area contributed by atoms with E-state index in [2.05, 4.69) is 0 Å². The minimum absolute atomic E-state index is 0.0687. The summed E-state index contributed by atoms with van der Waals surface area (Å²) in [6.45, 7) is 2.29. The zero-order valence-electron chi connectivity index (χ0n) is 17.0. The van der Waals surface area contributed by atoms with Gasteiger partial charge in [0.15, 0.2) is 0 Å². The fourth-order valence-corrected chi connectivity index (χ4v) is 4.16. The third-order valence-corrected chi connectivity index (χ3v) is 5.85. The molecule has 6 heteroatoms. The summed E-state index contributed by atoms with van der Waals surface area (Å²) < 4.78 is 5.93. The number of aliphatic carboxylic acids is 1. The molecule has 0 saturated carbocycles. The average molecular weight is 436 g/mol. The molecule has 5 nitrogen and oxygen atoms in total. The highest BCUT2D eigenvalue weighted by Crippen LogP contribution is 2.45. The van der Waals surface area contributed by atoms with Gasteiger partial charge in [-0.1, -0.05) is 41.9 Å². The molecule has 0 aromatic heterocycles. The Hall–Kier alpha value is -3.31. The van der Waals surface area contributed by atoms with Crippen molar-refractivity contribution in [3.8, 4) is 5.75 Å². The molecular formula is C25H22ClNO4. The summed E-state index contributed by atoms with van der Waals surface area (Å²) in [5, 5.41) is 10.0. The van der Waals surface area contributed by atoms with Crippen LogP contribution in [0.2, 0.25) is 5.02 Å². The first kappa shape index (κ1) is 20.9. The summed E-state index contributed by atoms with van der Waals surface area (Å²) >= 11 is 5.95. The van der Waals surface area contributed by atoms with E-state index in [1.54, 1.807) is 29.2 Å². The third kappa shape index (κ3) is 4.42. The van der Waals surface area contributed by atoms with Crippen LogP contribution in [0.15, 0.2) is 72.8 Å². The second-order valence-electron chi connectivity index (χ2n) is 7.62. The summed E-state index contributed by atoms with van der Waals surface area (Å²) in [7, 11) is 0. The molecular weight excluding hydrogens is 414 g/mol. The van der Waals surface area contributed by atoms with Crippen LogP contribution in [0.4, 0.5) is 5.69 Å². The number of carbonyl (C=O) groups is 2. The number of halogens is 1. The summed E-state index contributed by atoms with van der Waals surface area (Å²) in [5.74, 6) is -0.773. The lowest BCUT2D eigenvalue weighted by atomic mass is 9.92. The highest BCUT2D eigenvalue weighted by atomic mass is 35.5. The fraction of sp³-hybridized carbons (Fsp3) is 0.200. The van der Waals surface area contributed by atoms with E-state index in [0.29, 0.717) is 28.6 Å². The van der Waals surface area contributed by atoms with E-state index in [1.807, 2.05) is 55.5 Å². The summed E-state index contributed by atoms with van der Waals surface area (Å²) in [4.78, 5) is 26.5. The van der Waals surface area contributed by atoms with Crippen molar-refractivity contribution in [3.05, 3.63) is 94.5 Å². The van der Waals surface area contributed by atoms with E-state index < -0.39 is 5.97 Å². The average Bonchev–Trinajstić information content (AvgIpc) is 3.03. The molecule has 0 saturated heterocycles. The summed E-state index contributed by atoms with van der Waals surface area (Å²) in [6, 6.07) is 21.7. The van der Waals surface area contributed by atoms with Crippen molar-refractivity contribution in [2.45, 2.75) is 31.9 Å². The zero-order chi connectivity index (χ0) is 22.0. The Kier molecular flexibility index (Phi) is 5.96. The molecule has 1 amide bonds. The number of carboxylic acid groups (broad SMARTS) is 1. The molecule has 158 valence electrons. The van der Waals surface area contributed by atoms with E-state index in [0.717, 1.165) is 11.1 Å². The third-order valence-electron chi connectivity index (χ3n) is 5.60. The number of benzene rings is 3. The van der Waals surface area contributed by atoms with Gasteiger partial charge in [0.1, 0.15) is 12.4 Å². The van der Waals surface area contributed by atoms with Crippen LogP contribution >= 0.6 is 11.6 Å². The van der Waals surface area contributed by atoms with Crippen molar-refractivity contribution >= 4 is 29.2 Å². The maximum atomic E-state index is 13.3. The van der Waals surface area contributed by atoms with Gasteiger partial charge in [0, 0.05) is 28.2 Å². The highest BCUT2D eigenvalue weighted by Gasteiger charge is 2.40. The smallest absolute Gasteiger partial charge is 0.304 e. The second-order valence-corrected chi connectivity index (χ2v) is 8.06. The number of amides is 1. The fourth-order valence-electron chi connectivity index (χ4n) is 4.03. The van der Waals surface area contributed by atoms with Crippen molar-refractivity contribution in [1.29, 1.82) is 0 Å². The monoisotopic (exact) mass is 435 g/mol. The summed E-state index contributed by atoms with van der Waals surface area (Å²) in [5.41, 5.74) is 3.06. The van der Waals surface area contributed by atoms with Crippen molar-refractivity contribution in [1.82, 2.24) is 0 Å². The first-order chi connectivity index (χ1) is 14.9. The van der Waals surface area contributed by atoms with Crippen LogP contribution in [0.25, 0.3) is 0 Å². The predicted molar refractivity (Wildman–Crippen MR) is 120 cm³/mol. The van der Waals surface area contributed by atoms with Crippen molar-refractivity contribution in [2.75, 3.05) is 4.90 Å². The largest absolute Gasteiger partial charge is 0.489 e. The van der Waals surface area contributed by atoms with Gasteiger partial charge in [-0.2, -0.15) is 0 Å². The highest BCUT2D eigenvalue weighted by molar-refractivity contribution is 6.30. The molecule has 3 aromatic carbocycles. The molecule has 1 heterocycles. The second kappa shape index (κ2) is 8.82. The van der Waals surface area contributed by atoms with Gasteiger partial charge in [-0.05, 0) is 60.5 Å². The lowest BCUT2D eigenvalue weighted by Gasteiger charge is -2.25. The first-order valence-electron chi connectivity index (χ1n) is 10.1. The van der Waals surface area contributed by atoms with E-state index in [4.69, 9.17) is 16.3 Å². The van der Waals surface area contributed by atoms with E-state index in [9.17, 15) is 14.7 Å². The van der Waals surface area contributed by atoms with Crippen LogP contribution in [0.3, 0.4) is 0 Å². The first-order valence-corrected chi connectivity index (χ1v) is 10.4. The van der Waals surface area contributed by atoms with Crippen LogP contribution in [0.5, 0.6) is 5.75 Å². The van der Waals surface area contributed by atoms with Gasteiger partial charge in [-0.3, -0.25) is 9.59 Å². The molecule has 1 aliphatic heterocycles. The summed E-state index contributed by atoms with van der Waals surface area (Å²) in [6.07, 6.45) is -0.0687. The maximum Gasteiger partial charge on any atom is 0.304 e.